The molecule has 0 saturated heterocycles. The molecule has 0 atom stereocenters. The van der Waals surface area contributed by atoms with Crippen LogP contribution in [0.4, 0.5) is 0 Å². The maximum Gasteiger partial charge on any atom is 0.104 e. The van der Waals surface area contributed by atoms with Crippen molar-refractivity contribution in [2.45, 2.75) is 13.5 Å². The molecule has 13 heavy (non-hydrogen) atoms. The van der Waals surface area contributed by atoms with E-state index in [2.05, 4.69) is 15.4 Å². The summed E-state index contributed by atoms with van der Waals surface area (Å²) in [5, 5.41) is 12.1. The second kappa shape index (κ2) is 3.01. The van der Waals surface area contributed by atoms with Gasteiger partial charge in [0.25, 0.3) is 0 Å². The highest BCUT2D eigenvalue weighted by Crippen LogP contribution is 1.98. The molecule has 2 aromatic heterocycles. The molecule has 2 rings (SSSR count). The van der Waals surface area contributed by atoms with Crippen molar-refractivity contribution in [3.63, 3.8) is 0 Å². The van der Waals surface area contributed by atoms with Crippen molar-refractivity contribution in [2.75, 3.05) is 0 Å². The smallest absolute Gasteiger partial charge is 0.104 e. The lowest BCUT2D eigenvalue weighted by Crippen LogP contribution is -2.00. The summed E-state index contributed by atoms with van der Waals surface area (Å²) in [4.78, 5) is 0. The van der Waals surface area contributed by atoms with Crippen LogP contribution in [0, 0.1) is 6.92 Å². The summed E-state index contributed by atoms with van der Waals surface area (Å²) >= 11 is 0. The first-order chi connectivity index (χ1) is 6.24. The van der Waals surface area contributed by atoms with Crippen LogP contribution in [-0.2, 0) is 13.6 Å². The molecule has 0 aliphatic carbocycles. The quantitative estimate of drug-likeness (QED) is 0.665. The van der Waals surface area contributed by atoms with Gasteiger partial charge in [-0.25, -0.2) is 0 Å². The molecule has 5 heteroatoms. The van der Waals surface area contributed by atoms with Gasteiger partial charge in [-0.05, 0) is 13.0 Å². The standard InChI is InChI=1S/C8H11N5/c1-7-3-4-13(10-7)6-8-5-12(2)11-9-8/h3-5H,6H2,1-2H3. The molecule has 0 N–H and O–H groups in total. The highest BCUT2D eigenvalue weighted by atomic mass is 15.4. The molecule has 0 radical (unpaired) electrons. The lowest BCUT2D eigenvalue weighted by atomic mass is 10.5. The molecule has 2 heterocycles. The predicted molar refractivity (Wildman–Crippen MR) is 47.1 cm³/mol. The topological polar surface area (TPSA) is 48.5 Å². The zero-order valence-electron chi connectivity index (χ0n) is 7.68. The molecule has 5 nitrogen and oxygen atoms in total. The van der Waals surface area contributed by atoms with Crippen LogP contribution in [0.15, 0.2) is 18.5 Å². The van der Waals surface area contributed by atoms with Crippen LogP contribution in [0.5, 0.6) is 0 Å². The van der Waals surface area contributed by atoms with Crippen molar-refractivity contribution >= 4 is 0 Å². The van der Waals surface area contributed by atoms with E-state index in [0.717, 1.165) is 11.4 Å². The largest absolute Gasteiger partial charge is 0.266 e. The highest BCUT2D eigenvalue weighted by molar-refractivity contribution is 4.98. The average Bonchev–Trinajstić information content (AvgIpc) is 2.62. The van der Waals surface area contributed by atoms with Gasteiger partial charge in [-0.1, -0.05) is 5.21 Å². The minimum Gasteiger partial charge on any atom is -0.266 e. The normalized spacial score (nSPS) is 10.6. The first-order valence-electron chi connectivity index (χ1n) is 4.09. The SMILES string of the molecule is Cc1ccn(Cc2cn(C)nn2)n1. The van der Waals surface area contributed by atoms with E-state index in [1.54, 1.807) is 4.68 Å². The van der Waals surface area contributed by atoms with Gasteiger partial charge in [0, 0.05) is 19.4 Å². The second-order valence-electron chi connectivity index (χ2n) is 3.04. The molecule has 0 unspecified atom stereocenters. The molecule has 0 fully saturated rings. The third-order valence-corrected chi connectivity index (χ3v) is 1.75. The Morgan fingerprint density at radius 3 is 2.85 bits per heavy atom. The minimum absolute atomic E-state index is 0.682. The van der Waals surface area contributed by atoms with Gasteiger partial charge in [-0.15, -0.1) is 5.10 Å². The van der Waals surface area contributed by atoms with Crippen LogP contribution in [0.1, 0.15) is 11.4 Å². The fraction of sp³-hybridized carbons (Fsp3) is 0.375. The first kappa shape index (κ1) is 7.97. The Kier molecular flexibility index (Phi) is 1.84. The molecule has 68 valence electrons. The van der Waals surface area contributed by atoms with E-state index in [1.807, 2.05) is 37.1 Å². The summed E-state index contributed by atoms with van der Waals surface area (Å²) in [6.07, 6.45) is 3.82. The molecule has 0 saturated carbocycles. The zero-order valence-corrected chi connectivity index (χ0v) is 7.68. The van der Waals surface area contributed by atoms with Crippen molar-refractivity contribution in [1.82, 2.24) is 24.8 Å². The number of nitrogens with zero attached hydrogens (tertiary/aromatic N) is 5. The van der Waals surface area contributed by atoms with Crippen molar-refractivity contribution < 1.29 is 0 Å². The summed E-state index contributed by atoms with van der Waals surface area (Å²) < 4.78 is 3.53. The number of aromatic nitrogens is 5. The van der Waals surface area contributed by atoms with Crippen molar-refractivity contribution in [2.24, 2.45) is 7.05 Å². The van der Waals surface area contributed by atoms with E-state index in [0.29, 0.717) is 6.54 Å². The Labute approximate surface area is 76.0 Å². The van der Waals surface area contributed by atoms with Crippen LogP contribution >= 0.6 is 0 Å². The van der Waals surface area contributed by atoms with Crippen molar-refractivity contribution in [3.8, 4) is 0 Å². The van der Waals surface area contributed by atoms with Crippen molar-refractivity contribution in [1.29, 1.82) is 0 Å². The maximum absolute atomic E-state index is 4.25. The summed E-state index contributed by atoms with van der Waals surface area (Å²) in [5.41, 5.74) is 1.94. The molecule has 0 aromatic carbocycles. The fourth-order valence-electron chi connectivity index (χ4n) is 1.18. The van der Waals surface area contributed by atoms with Crippen LogP contribution in [-0.4, -0.2) is 24.8 Å². The van der Waals surface area contributed by atoms with Gasteiger partial charge in [0.05, 0.1) is 12.2 Å². The van der Waals surface area contributed by atoms with Gasteiger partial charge >= 0.3 is 0 Å². The molecular weight excluding hydrogens is 166 g/mol. The van der Waals surface area contributed by atoms with Gasteiger partial charge < -0.3 is 0 Å². The summed E-state index contributed by atoms with van der Waals surface area (Å²) in [6.45, 7) is 2.65. The molecule has 0 amide bonds. The predicted octanol–water partition coefficient (Wildman–Crippen LogP) is 0.368. The zero-order chi connectivity index (χ0) is 9.26. The van der Waals surface area contributed by atoms with Gasteiger partial charge in [-0.3, -0.25) is 9.36 Å². The Morgan fingerprint density at radius 1 is 1.46 bits per heavy atom. The minimum atomic E-state index is 0.682. The Morgan fingerprint density at radius 2 is 2.31 bits per heavy atom. The molecular formula is C8H11N5. The van der Waals surface area contributed by atoms with Crippen LogP contribution in [0.25, 0.3) is 0 Å². The highest BCUT2D eigenvalue weighted by Gasteiger charge is 1.99. The van der Waals surface area contributed by atoms with E-state index in [-0.39, 0.29) is 0 Å². The number of hydrogen-bond donors (Lipinski definition) is 0. The third kappa shape index (κ3) is 1.74. The maximum atomic E-state index is 4.25. The molecule has 0 bridgehead atoms. The second-order valence-corrected chi connectivity index (χ2v) is 3.04. The number of rotatable bonds is 2. The van der Waals surface area contributed by atoms with Gasteiger partial charge in [0.2, 0.25) is 0 Å². The van der Waals surface area contributed by atoms with Gasteiger partial charge in [0.1, 0.15) is 5.69 Å². The fourth-order valence-corrected chi connectivity index (χ4v) is 1.18. The third-order valence-electron chi connectivity index (χ3n) is 1.75. The number of aryl methyl sites for hydroxylation is 2. The van der Waals surface area contributed by atoms with Gasteiger partial charge in [0.15, 0.2) is 0 Å². The summed E-state index contributed by atoms with van der Waals surface area (Å²) in [5.74, 6) is 0. The molecule has 0 aliphatic heterocycles. The molecule has 2 aromatic rings. The van der Waals surface area contributed by atoms with E-state index >= 15 is 0 Å². The van der Waals surface area contributed by atoms with E-state index in [4.69, 9.17) is 0 Å². The summed E-state index contributed by atoms with van der Waals surface area (Å²) in [6, 6.07) is 1.97. The number of hydrogen-bond acceptors (Lipinski definition) is 3. The van der Waals surface area contributed by atoms with E-state index in [9.17, 15) is 0 Å². The Hall–Kier alpha value is -1.65. The lowest BCUT2D eigenvalue weighted by molar-refractivity contribution is 0.661. The van der Waals surface area contributed by atoms with Crippen molar-refractivity contribution in [3.05, 3.63) is 29.8 Å². The van der Waals surface area contributed by atoms with Crippen LogP contribution < -0.4 is 0 Å². The Balaban J connectivity index is 2.14. The Bertz CT molecular complexity index is 362. The summed E-state index contributed by atoms with van der Waals surface area (Å²) in [7, 11) is 1.85. The molecule has 0 spiro atoms. The van der Waals surface area contributed by atoms with Crippen LogP contribution in [0.3, 0.4) is 0 Å². The monoisotopic (exact) mass is 177 g/mol. The van der Waals surface area contributed by atoms with E-state index < -0.39 is 0 Å². The molecule has 0 aliphatic rings. The van der Waals surface area contributed by atoms with Gasteiger partial charge in [-0.2, -0.15) is 5.10 Å². The average molecular weight is 177 g/mol. The van der Waals surface area contributed by atoms with E-state index in [1.165, 1.54) is 0 Å². The first-order valence-corrected chi connectivity index (χ1v) is 4.09. The van der Waals surface area contributed by atoms with Crippen LogP contribution in [0.2, 0.25) is 0 Å². The lowest BCUT2D eigenvalue weighted by Gasteiger charge is -1.94.